The smallest absolute Gasteiger partial charge is 0.223 e. The fourth-order valence-corrected chi connectivity index (χ4v) is 1.40. The second-order valence-electron chi connectivity index (χ2n) is 3.44. The standard InChI is InChI=1S/C10H11ClN2O/c11-9-3-1-2-8(13-9)6-12-10(14)7-4-5-7/h1-3,7H,4-6H2,(H,12,14). The van der Waals surface area contributed by atoms with Crippen molar-refractivity contribution in [2.24, 2.45) is 5.92 Å². The number of pyridine rings is 1. The first-order chi connectivity index (χ1) is 6.75. The highest BCUT2D eigenvalue weighted by molar-refractivity contribution is 6.29. The van der Waals surface area contributed by atoms with Gasteiger partial charge in [0.25, 0.3) is 0 Å². The van der Waals surface area contributed by atoms with Gasteiger partial charge in [-0.05, 0) is 25.0 Å². The summed E-state index contributed by atoms with van der Waals surface area (Å²) in [5.41, 5.74) is 0.798. The van der Waals surface area contributed by atoms with E-state index in [9.17, 15) is 4.79 Å². The number of hydrogen-bond donors (Lipinski definition) is 1. The van der Waals surface area contributed by atoms with Crippen LogP contribution in [0.25, 0.3) is 0 Å². The van der Waals surface area contributed by atoms with Crippen molar-refractivity contribution >= 4 is 17.5 Å². The Bertz CT molecular complexity index is 350. The van der Waals surface area contributed by atoms with Crippen molar-refractivity contribution in [3.8, 4) is 0 Å². The predicted molar refractivity (Wildman–Crippen MR) is 53.8 cm³/mol. The molecule has 2 rings (SSSR count). The lowest BCUT2D eigenvalue weighted by molar-refractivity contribution is -0.122. The Hall–Kier alpha value is -1.09. The highest BCUT2D eigenvalue weighted by Gasteiger charge is 2.29. The van der Waals surface area contributed by atoms with Crippen molar-refractivity contribution in [1.29, 1.82) is 0 Å². The summed E-state index contributed by atoms with van der Waals surface area (Å²) in [6.07, 6.45) is 2.05. The zero-order chi connectivity index (χ0) is 9.97. The fraction of sp³-hybridized carbons (Fsp3) is 0.400. The van der Waals surface area contributed by atoms with Crippen molar-refractivity contribution in [2.75, 3.05) is 0 Å². The monoisotopic (exact) mass is 210 g/mol. The van der Waals surface area contributed by atoms with Crippen molar-refractivity contribution in [1.82, 2.24) is 10.3 Å². The second kappa shape index (κ2) is 3.96. The van der Waals surface area contributed by atoms with Crippen LogP contribution in [0.15, 0.2) is 18.2 Å². The number of rotatable bonds is 3. The summed E-state index contributed by atoms with van der Waals surface area (Å²) >= 11 is 5.71. The van der Waals surface area contributed by atoms with E-state index in [4.69, 9.17) is 11.6 Å². The van der Waals surface area contributed by atoms with Gasteiger partial charge in [-0.2, -0.15) is 0 Å². The third kappa shape index (κ3) is 2.45. The molecule has 3 nitrogen and oxygen atoms in total. The van der Waals surface area contributed by atoms with E-state index in [2.05, 4.69) is 10.3 Å². The molecule has 74 valence electrons. The first-order valence-electron chi connectivity index (χ1n) is 4.65. The van der Waals surface area contributed by atoms with Crippen LogP contribution in [0.1, 0.15) is 18.5 Å². The third-order valence-electron chi connectivity index (χ3n) is 2.16. The first kappa shape index (κ1) is 9.46. The van der Waals surface area contributed by atoms with E-state index in [0.717, 1.165) is 18.5 Å². The summed E-state index contributed by atoms with van der Waals surface area (Å²) in [6, 6.07) is 5.39. The quantitative estimate of drug-likeness (QED) is 0.773. The SMILES string of the molecule is O=C(NCc1cccc(Cl)n1)C1CC1. The molecular weight excluding hydrogens is 200 g/mol. The van der Waals surface area contributed by atoms with Gasteiger partial charge in [0, 0.05) is 5.92 Å². The molecule has 0 spiro atoms. The predicted octanol–water partition coefficient (Wildman–Crippen LogP) is 1.76. The van der Waals surface area contributed by atoms with Crippen LogP contribution in [0, 0.1) is 5.92 Å². The maximum Gasteiger partial charge on any atom is 0.223 e. The molecule has 1 amide bonds. The molecule has 1 aromatic heterocycles. The van der Waals surface area contributed by atoms with Crippen LogP contribution in [-0.4, -0.2) is 10.9 Å². The molecule has 0 unspecified atom stereocenters. The van der Waals surface area contributed by atoms with E-state index in [1.165, 1.54) is 0 Å². The summed E-state index contributed by atoms with van der Waals surface area (Å²) in [6.45, 7) is 0.468. The largest absolute Gasteiger partial charge is 0.350 e. The molecule has 1 aliphatic carbocycles. The van der Waals surface area contributed by atoms with Gasteiger partial charge in [-0.1, -0.05) is 17.7 Å². The molecule has 1 heterocycles. The number of nitrogens with one attached hydrogen (secondary N) is 1. The molecule has 0 bridgehead atoms. The lowest BCUT2D eigenvalue weighted by Crippen LogP contribution is -2.24. The maximum atomic E-state index is 11.3. The van der Waals surface area contributed by atoms with Gasteiger partial charge in [0.2, 0.25) is 5.91 Å². The summed E-state index contributed by atoms with van der Waals surface area (Å²) in [4.78, 5) is 15.4. The Labute approximate surface area is 87.5 Å². The van der Waals surface area contributed by atoms with E-state index in [1.807, 2.05) is 12.1 Å². The van der Waals surface area contributed by atoms with Gasteiger partial charge in [-0.15, -0.1) is 0 Å². The zero-order valence-electron chi connectivity index (χ0n) is 7.66. The van der Waals surface area contributed by atoms with E-state index in [-0.39, 0.29) is 11.8 Å². The normalized spacial score (nSPS) is 15.2. The van der Waals surface area contributed by atoms with Crippen LogP contribution in [0.5, 0.6) is 0 Å². The lowest BCUT2D eigenvalue weighted by atomic mass is 10.3. The number of halogens is 1. The number of aromatic nitrogens is 1. The highest BCUT2D eigenvalue weighted by Crippen LogP contribution is 2.28. The number of nitrogens with zero attached hydrogens (tertiary/aromatic N) is 1. The number of carbonyl (C=O) groups is 1. The Balaban J connectivity index is 1.87. The van der Waals surface area contributed by atoms with Crippen molar-refractivity contribution in [2.45, 2.75) is 19.4 Å². The zero-order valence-corrected chi connectivity index (χ0v) is 8.42. The maximum absolute atomic E-state index is 11.3. The number of amides is 1. The van der Waals surface area contributed by atoms with Gasteiger partial charge < -0.3 is 5.32 Å². The average molecular weight is 211 g/mol. The minimum absolute atomic E-state index is 0.131. The van der Waals surface area contributed by atoms with Crippen LogP contribution >= 0.6 is 11.6 Å². The molecule has 1 fully saturated rings. The molecule has 0 aromatic carbocycles. The van der Waals surface area contributed by atoms with Crippen molar-refractivity contribution < 1.29 is 4.79 Å². The highest BCUT2D eigenvalue weighted by atomic mass is 35.5. The summed E-state index contributed by atoms with van der Waals surface area (Å²) in [7, 11) is 0. The number of carbonyl (C=O) groups excluding carboxylic acids is 1. The van der Waals surface area contributed by atoms with Gasteiger partial charge in [-0.3, -0.25) is 4.79 Å². The second-order valence-corrected chi connectivity index (χ2v) is 3.83. The third-order valence-corrected chi connectivity index (χ3v) is 2.38. The van der Waals surface area contributed by atoms with E-state index in [1.54, 1.807) is 6.07 Å². The lowest BCUT2D eigenvalue weighted by Gasteiger charge is -2.03. The molecule has 0 atom stereocenters. The molecule has 1 N–H and O–H groups in total. The average Bonchev–Trinajstić information content (AvgIpc) is 2.97. The topological polar surface area (TPSA) is 42.0 Å². The Kier molecular flexibility index (Phi) is 2.68. The van der Waals surface area contributed by atoms with Gasteiger partial charge in [0.15, 0.2) is 0 Å². The van der Waals surface area contributed by atoms with E-state index in [0.29, 0.717) is 11.7 Å². The molecule has 1 aromatic rings. The molecular formula is C10H11ClN2O. The molecule has 4 heteroatoms. The minimum atomic E-state index is 0.131. The van der Waals surface area contributed by atoms with Crippen molar-refractivity contribution in [3.05, 3.63) is 29.0 Å². The molecule has 1 saturated carbocycles. The minimum Gasteiger partial charge on any atom is -0.350 e. The van der Waals surface area contributed by atoms with Crippen LogP contribution in [-0.2, 0) is 11.3 Å². The van der Waals surface area contributed by atoms with Gasteiger partial charge in [-0.25, -0.2) is 4.98 Å². The van der Waals surface area contributed by atoms with E-state index >= 15 is 0 Å². The number of hydrogen-bond acceptors (Lipinski definition) is 2. The summed E-state index contributed by atoms with van der Waals surface area (Å²) in [5.74, 6) is 0.376. The van der Waals surface area contributed by atoms with Gasteiger partial charge in [0.05, 0.1) is 12.2 Å². The van der Waals surface area contributed by atoms with Crippen LogP contribution in [0.3, 0.4) is 0 Å². The summed E-state index contributed by atoms with van der Waals surface area (Å²) in [5, 5.41) is 3.29. The fourth-order valence-electron chi connectivity index (χ4n) is 1.22. The van der Waals surface area contributed by atoms with Crippen molar-refractivity contribution in [3.63, 3.8) is 0 Å². The first-order valence-corrected chi connectivity index (χ1v) is 5.02. The Morgan fingerprint density at radius 3 is 3.00 bits per heavy atom. The Morgan fingerprint density at radius 1 is 1.57 bits per heavy atom. The molecule has 14 heavy (non-hydrogen) atoms. The summed E-state index contributed by atoms with van der Waals surface area (Å²) < 4.78 is 0. The van der Waals surface area contributed by atoms with Crippen LogP contribution < -0.4 is 5.32 Å². The van der Waals surface area contributed by atoms with Gasteiger partial charge >= 0.3 is 0 Å². The Morgan fingerprint density at radius 2 is 2.36 bits per heavy atom. The van der Waals surface area contributed by atoms with Crippen LogP contribution in [0.2, 0.25) is 5.15 Å². The van der Waals surface area contributed by atoms with E-state index < -0.39 is 0 Å². The molecule has 1 aliphatic rings. The molecule has 0 radical (unpaired) electrons. The van der Waals surface area contributed by atoms with Crippen LogP contribution in [0.4, 0.5) is 0 Å². The molecule has 0 saturated heterocycles. The molecule has 0 aliphatic heterocycles. The van der Waals surface area contributed by atoms with Gasteiger partial charge in [0.1, 0.15) is 5.15 Å².